The predicted octanol–water partition coefficient (Wildman–Crippen LogP) is 3.37. The minimum atomic E-state index is -3.74. The van der Waals surface area contributed by atoms with Crippen LogP contribution in [0.2, 0.25) is 0 Å². The number of carbonyl (C=O) groups excluding carboxylic acids is 1. The highest BCUT2D eigenvalue weighted by molar-refractivity contribution is 7.89. The second-order valence-corrected chi connectivity index (χ2v) is 9.53. The van der Waals surface area contributed by atoms with Crippen LogP contribution in [0.3, 0.4) is 0 Å². The number of piperidine rings is 1. The molecule has 1 amide bonds. The number of aryl methyl sites for hydroxylation is 1. The Hall–Kier alpha value is -2.45. The smallest absolute Gasteiger partial charge is 0.243 e. The van der Waals surface area contributed by atoms with Gasteiger partial charge in [-0.15, -0.1) is 0 Å². The zero-order valence-corrected chi connectivity index (χ0v) is 18.5. The van der Waals surface area contributed by atoms with Crippen LogP contribution in [0.1, 0.15) is 31.7 Å². The first-order valence-corrected chi connectivity index (χ1v) is 12.1. The molecular formula is C23H29FN2O4S. The molecule has 0 spiro atoms. The lowest BCUT2D eigenvalue weighted by Crippen LogP contribution is -2.45. The molecule has 1 saturated heterocycles. The van der Waals surface area contributed by atoms with E-state index in [2.05, 4.69) is 5.32 Å². The number of rotatable bonds is 9. The maximum Gasteiger partial charge on any atom is 0.243 e. The van der Waals surface area contributed by atoms with Crippen molar-refractivity contribution >= 4 is 15.9 Å². The van der Waals surface area contributed by atoms with Gasteiger partial charge in [-0.3, -0.25) is 4.79 Å². The molecule has 31 heavy (non-hydrogen) atoms. The van der Waals surface area contributed by atoms with E-state index >= 15 is 0 Å². The zero-order valence-electron chi connectivity index (χ0n) is 17.7. The minimum Gasteiger partial charge on any atom is -0.494 e. The van der Waals surface area contributed by atoms with Gasteiger partial charge in [0.15, 0.2) is 0 Å². The van der Waals surface area contributed by atoms with Crippen LogP contribution in [0.5, 0.6) is 5.75 Å². The van der Waals surface area contributed by atoms with Gasteiger partial charge in [0.25, 0.3) is 0 Å². The standard InChI is InChI=1S/C23H29FN2O4S/c1-2-30-22-10-4-3-7-18(22)8-5-15-25-23(27)19-9-6-16-26(17-19)31(28,29)21-13-11-20(24)12-14-21/h3-4,7,10-14,19H,2,5-6,8-9,15-17H2,1H3,(H,25,27)/t19-/m0/s1. The third-order valence-corrected chi connectivity index (χ3v) is 7.28. The van der Waals surface area contributed by atoms with Crippen molar-refractivity contribution < 1.29 is 22.3 Å². The monoisotopic (exact) mass is 448 g/mol. The molecule has 2 aromatic rings. The predicted molar refractivity (Wildman–Crippen MR) is 117 cm³/mol. The number of carbonyl (C=O) groups is 1. The van der Waals surface area contributed by atoms with Crippen molar-refractivity contribution in [2.75, 3.05) is 26.2 Å². The summed E-state index contributed by atoms with van der Waals surface area (Å²) in [4.78, 5) is 12.7. The van der Waals surface area contributed by atoms with Crippen LogP contribution in [0.15, 0.2) is 53.4 Å². The largest absolute Gasteiger partial charge is 0.494 e. The molecule has 0 aromatic heterocycles. The maximum atomic E-state index is 13.1. The van der Waals surface area contributed by atoms with Gasteiger partial charge in [-0.25, -0.2) is 12.8 Å². The van der Waals surface area contributed by atoms with Crippen molar-refractivity contribution in [1.29, 1.82) is 0 Å². The number of ether oxygens (including phenoxy) is 1. The van der Waals surface area contributed by atoms with Gasteiger partial charge < -0.3 is 10.1 Å². The lowest BCUT2D eigenvalue weighted by atomic mass is 9.99. The van der Waals surface area contributed by atoms with Gasteiger partial charge in [0.05, 0.1) is 17.4 Å². The first-order chi connectivity index (χ1) is 14.9. The normalized spacial score (nSPS) is 17.3. The van der Waals surface area contributed by atoms with Crippen LogP contribution >= 0.6 is 0 Å². The molecule has 1 aliphatic heterocycles. The highest BCUT2D eigenvalue weighted by Crippen LogP contribution is 2.24. The molecular weight excluding hydrogens is 419 g/mol. The second kappa shape index (κ2) is 10.7. The minimum absolute atomic E-state index is 0.0444. The molecule has 1 fully saturated rings. The summed E-state index contributed by atoms with van der Waals surface area (Å²) in [6, 6.07) is 12.6. The topological polar surface area (TPSA) is 75.7 Å². The first kappa shape index (κ1) is 23.2. The molecule has 0 radical (unpaired) electrons. The average molecular weight is 449 g/mol. The number of nitrogens with one attached hydrogen (secondary N) is 1. The highest BCUT2D eigenvalue weighted by Gasteiger charge is 2.33. The molecule has 6 nitrogen and oxygen atoms in total. The zero-order chi connectivity index (χ0) is 22.3. The molecule has 1 N–H and O–H groups in total. The van der Waals surface area contributed by atoms with E-state index in [-0.39, 0.29) is 23.3 Å². The van der Waals surface area contributed by atoms with Crippen molar-refractivity contribution in [2.45, 2.75) is 37.5 Å². The number of halogens is 1. The molecule has 1 heterocycles. The molecule has 2 aromatic carbocycles. The number of hydrogen-bond acceptors (Lipinski definition) is 4. The Morgan fingerprint density at radius 2 is 1.94 bits per heavy atom. The SMILES string of the molecule is CCOc1ccccc1CCCNC(=O)[C@H]1CCCN(S(=O)(=O)c2ccc(F)cc2)C1. The first-order valence-electron chi connectivity index (χ1n) is 10.7. The van der Waals surface area contributed by atoms with E-state index in [1.165, 1.54) is 16.4 Å². The van der Waals surface area contributed by atoms with Crippen molar-refractivity contribution in [2.24, 2.45) is 5.92 Å². The molecule has 0 unspecified atom stereocenters. The van der Waals surface area contributed by atoms with E-state index in [9.17, 15) is 17.6 Å². The van der Waals surface area contributed by atoms with Crippen LogP contribution in [0.4, 0.5) is 4.39 Å². The molecule has 168 valence electrons. The van der Waals surface area contributed by atoms with E-state index in [1.54, 1.807) is 0 Å². The van der Waals surface area contributed by atoms with E-state index < -0.39 is 15.8 Å². The summed E-state index contributed by atoms with van der Waals surface area (Å²) in [5, 5.41) is 2.94. The van der Waals surface area contributed by atoms with Crippen LogP contribution in [0.25, 0.3) is 0 Å². The Balaban J connectivity index is 1.51. The van der Waals surface area contributed by atoms with Crippen LogP contribution in [0, 0.1) is 11.7 Å². The maximum absolute atomic E-state index is 13.1. The van der Waals surface area contributed by atoms with E-state index in [0.717, 1.165) is 36.3 Å². The molecule has 0 saturated carbocycles. The van der Waals surface area contributed by atoms with Gasteiger partial charge in [-0.05, 0) is 68.5 Å². The fraction of sp³-hybridized carbons (Fsp3) is 0.435. The summed E-state index contributed by atoms with van der Waals surface area (Å²) in [7, 11) is -3.74. The second-order valence-electron chi connectivity index (χ2n) is 7.59. The lowest BCUT2D eigenvalue weighted by Gasteiger charge is -2.31. The summed E-state index contributed by atoms with van der Waals surface area (Å²) < 4.78 is 45.7. The molecule has 1 atom stereocenters. The fourth-order valence-corrected chi connectivity index (χ4v) is 5.30. The number of sulfonamides is 1. The van der Waals surface area contributed by atoms with Crippen molar-refractivity contribution in [3.63, 3.8) is 0 Å². The summed E-state index contributed by atoms with van der Waals surface area (Å²) in [6.45, 7) is 3.56. The summed E-state index contributed by atoms with van der Waals surface area (Å²) in [5.41, 5.74) is 1.10. The Kier molecular flexibility index (Phi) is 8.03. The van der Waals surface area contributed by atoms with E-state index in [4.69, 9.17) is 4.74 Å². The third kappa shape index (κ3) is 6.04. The van der Waals surface area contributed by atoms with Gasteiger partial charge in [0, 0.05) is 19.6 Å². The van der Waals surface area contributed by atoms with Crippen molar-refractivity contribution in [3.05, 3.63) is 59.9 Å². The van der Waals surface area contributed by atoms with Gasteiger partial charge in [0.1, 0.15) is 11.6 Å². The Labute approximate surface area is 183 Å². The number of nitrogens with zero attached hydrogens (tertiary/aromatic N) is 1. The molecule has 3 rings (SSSR count). The average Bonchev–Trinajstić information content (AvgIpc) is 2.78. The Morgan fingerprint density at radius 3 is 2.68 bits per heavy atom. The number of amides is 1. The number of benzene rings is 2. The lowest BCUT2D eigenvalue weighted by molar-refractivity contribution is -0.126. The third-order valence-electron chi connectivity index (χ3n) is 5.40. The van der Waals surface area contributed by atoms with Crippen LogP contribution < -0.4 is 10.1 Å². The van der Waals surface area contributed by atoms with Crippen molar-refractivity contribution in [1.82, 2.24) is 9.62 Å². The summed E-state index contributed by atoms with van der Waals surface area (Å²) >= 11 is 0. The summed E-state index contributed by atoms with van der Waals surface area (Å²) in [6.07, 6.45) is 2.81. The number of hydrogen-bond donors (Lipinski definition) is 1. The number of para-hydroxylation sites is 1. The van der Waals surface area contributed by atoms with Crippen LogP contribution in [-0.4, -0.2) is 44.9 Å². The highest BCUT2D eigenvalue weighted by atomic mass is 32.2. The van der Waals surface area contributed by atoms with Gasteiger partial charge in [-0.1, -0.05) is 18.2 Å². The molecule has 0 bridgehead atoms. The van der Waals surface area contributed by atoms with E-state index in [0.29, 0.717) is 32.5 Å². The molecule has 1 aliphatic rings. The Morgan fingerprint density at radius 1 is 1.19 bits per heavy atom. The Bertz CT molecular complexity index is 979. The van der Waals surface area contributed by atoms with Crippen molar-refractivity contribution in [3.8, 4) is 5.75 Å². The molecule has 0 aliphatic carbocycles. The van der Waals surface area contributed by atoms with Gasteiger partial charge in [0.2, 0.25) is 15.9 Å². The van der Waals surface area contributed by atoms with Crippen LogP contribution in [-0.2, 0) is 21.2 Å². The fourth-order valence-electron chi connectivity index (χ4n) is 3.77. The quantitative estimate of drug-likeness (QED) is 0.597. The van der Waals surface area contributed by atoms with Gasteiger partial charge >= 0.3 is 0 Å². The summed E-state index contributed by atoms with van der Waals surface area (Å²) in [5.74, 6) is -0.138. The van der Waals surface area contributed by atoms with E-state index in [1.807, 2.05) is 31.2 Å². The van der Waals surface area contributed by atoms with Gasteiger partial charge in [-0.2, -0.15) is 4.31 Å². The molecule has 8 heteroatoms.